The Balaban J connectivity index is 2.09. The van der Waals surface area contributed by atoms with E-state index in [1.54, 1.807) is 0 Å². The highest BCUT2D eigenvalue weighted by Gasteiger charge is 2.34. The second-order valence-corrected chi connectivity index (χ2v) is 5.60. The molecule has 1 saturated heterocycles. The summed E-state index contributed by atoms with van der Waals surface area (Å²) >= 11 is 0. The van der Waals surface area contributed by atoms with Gasteiger partial charge in [-0.05, 0) is 32.1 Å². The monoisotopic (exact) mass is 252 g/mol. The summed E-state index contributed by atoms with van der Waals surface area (Å²) in [6.07, 6.45) is 6.14. The van der Waals surface area contributed by atoms with Crippen molar-refractivity contribution in [1.82, 2.24) is 10.2 Å². The summed E-state index contributed by atoms with van der Waals surface area (Å²) in [6.45, 7) is 4.68. The Kier molecular flexibility index (Phi) is 4.25. The molecule has 2 unspecified atom stereocenters. The van der Waals surface area contributed by atoms with Crippen molar-refractivity contribution in [2.45, 2.75) is 64.5 Å². The average Bonchev–Trinajstić information content (AvgIpc) is 2.84. The van der Waals surface area contributed by atoms with E-state index in [4.69, 9.17) is 0 Å². The van der Waals surface area contributed by atoms with E-state index in [9.17, 15) is 9.59 Å². The normalized spacial score (nSPS) is 28.1. The van der Waals surface area contributed by atoms with E-state index in [0.29, 0.717) is 25.3 Å². The van der Waals surface area contributed by atoms with Gasteiger partial charge in [0.05, 0.1) is 0 Å². The minimum absolute atomic E-state index is 0.0105. The molecule has 2 atom stereocenters. The molecule has 1 heterocycles. The first-order chi connectivity index (χ1) is 8.63. The van der Waals surface area contributed by atoms with Crippen LogP contribution in [0.4, 0.5) is 0 Å². The molecule has 0 aromatic carbocycles. The van der Waals surface area contributed by atoms with Crippen LogP contribution < -0.4 is 5.32 Å². The lowest BCUT2D eigenvalue weighted by molar-refractivity contribution is -0.136. The lowest BCUT2D eigenvalue weighted by Gasteiger charge is -2.33. The predicted molar refractivity (Wildman–Crippen MR) is 70.0 cm³/mol. The molecule has 18 heavy (non-hydrogen) atoms. The Labute approximate surface area is 109 Å². The molecule has 2 rings (SSSR count). The topological polar surface area (TPSA) is 49.4 Å². The Bertz CT molecular complexity index is 324. The van der Waals surface area contributed by atoms with Crippen LogP contribution >= 0.6 is 0 Å². The summed E-state index contributed by atoms with van der Waals surface area (Å²) in [5.74, 6) is 0.749. The van der Waals surface area contributed by atoms with Crippen molar-refractivity contribution >= 4 is 11.8 Å². The van der Waals surface area contributed by atoms with Crippen LogP contribution in [0.1, 0.15) is 52.4 Å². The summed E-state index contributed by atoms with van der Waals surface area (Å²) in [5, 5.41) is 2.82. The van der Waals surface area contributed by atoms with E-state index in [2.05, 4.69) is 12.2 Å². The van der Waals surface area contributed by atoms with Crippen LogP contribution in [0, 0.1) is 5.92 Å². The molecule has 4 heteroatoms. The fourth-order valence-corrected chi connectivity index (χ4v) is 3.24. The molecule has 1 aliphatic carbocycles. The Hall–Kier alpha value is -1.06. The third-order valence-corrected chi connectivity index (χ3v) is 4.48. The fraction of sp³-hybridized carbons (Fsp3) is 0.857. The first-order valence-electron chi connectivity index (χ1n) is 7.23. The molecule has 0 aromatic rings. The molecular formula is C14H24N2O2. The van der Waals surface area contributed by atoms with Gasteiger partial charge in [0.15, 0.2) is 0 Å². The van der Waals surface area contributed by atoms with E-state index >= 15 is 0 Å². The largest absolute Gasteiger partial charge is 0.344 e. The van der Waals surface area contributed by atoms with Crippen molar-refractivity contribution < 1.29 is 9.59 Å². The number of nitrogens with zero attached hydrogens (tertiary/aromatic N) is 1. The second kappa shape index (κ2) is 5.72. The molecule has 0 bridgehead atoms. The number of amides is 2. The van der Waals surface area contributed by atoms with Crippen LogP contribution in [0.2, 0.25) is 0 Å². The Morgan fingerprint density at radius 2 is 2.00 bits per heavy atom. The van der Waals surface area contributed by atoms with Gasteiger partial charge >= 0.3 is 0 Å². The maximum atomic E-state index is 12.4. The molecule has 1 aliphatic heterocycles. The molecular weight excluding hydrogens is 228 g/mol. The lowest BCUT2D eigenvalue weighted by Crippen LogP contribution is -2.49. The van der Waals surface area contributed by atoms with Crippen LogP contribution in [0.25, 0.3) is 0 Å². The van der Waals surface area contributed by atoms with Crippen LogP contribution in [0.5, 0.6) is 0 Å². The Morgan fingerprint density at radius 3 is 2.61 bits per heavy atom. The molecule has 0 spiro atoms. The molecule has 0 aromatic heterocycles. The summed E-state index contributed by atoms with van der Waals surface area (Å²) in [6, 6.07) is -0.0365. The summed E-state index contributed by atoms with van der Waals surface area (Å²) in [5.41, 5.74) is 0. The minimum atomic E-state index is -0.316. The minimum Gasteiger partial charge on any atom is -0.344 e. The lowest BCUT2D eigenvalue weighted by atomic mass is 9.97. The second-order valence-electron chi connectivity index (χ2n) is 5.60. The maximum Gasteiger partial charge on any atom is 0.245 e. The van der Waals surface area contributed by atoms with Gasteiger partial charge in [0.1, 0.15) is 6.04 Å². The van der Waals surface area contributed by atoms with Crippen molar-refractivity contribution in [2.24, 2.45) is 5.92 Å². The van der Waals surface area contributed by atoms with Gasteiger partial charge in [0.2, 0.25) is 11.8 Å². The van der Waals surface area contributed by atoms with E-state index < -0.39 is 0 Å². The highest BCUT2D eigenvalue weighted by molar-refractivity contribution is 5.90. The number of nitrogens with one attached hydrogen (secondary N) is 1. The van der Waals surface area contributed by atoms with Crippen LogP contribution in [0.15, 0.2) is 0 Å². The molecule has 2 aliphatic rings. The van der Waals surface area contributed by atoms with Crippen LogP contribution in [-0.2, 0) is 9.59 Å². The highest BCUT2D eigenvalue weighted by Crippen LogP contribution is 2.30. The van der Waals surface area contributed by atoms with Gasteiger partial charge in [0, 0.05) is 19.0 Å². The first kappa shape index (κ1) is 13.4. The molecule has 2 amide bonds. The Morgan fingerprint density at radius 1 is 1.33 bits per heavy atom. The number of carbonyl (C=O) groups is 2. The summed E-state index contributed by atoms with van der Waals surface area (Å²) < 4.78 is 0. The van der Waals surface area contributed by atoms with Gasteiger partial charge in [-0.15, -0.1) is 0 Å². The SMILES string of the molecule is CCC1NC(=O)CCN(C(C)C2CCCC2)C1=O. The zero-order valence-corrected chi connectivity index (χ0v) is 11.4. The van der Waals surface area contributed by atoms with E-state index in [0.717, 1.165) is 0 Å². The van der Waals surface area contributed by atoms with Gasteiger partial charge in [-0.1, -0.05) is 19.8 Å². The van der Waals surface area contributed by atoms with Crippen molar-refractivity contribution in [3.63, 3.8) is 0 Å². The van der Waals surface area contributed by atoms with Crippen molar-refractivity contribution in [3.8, 4) is 0 Å². The van der Waals surface area contributed by atoms with Crippen molar-refractivity contribution in [2.75, 3.05) is 6.54 Å². The third-order valence-electron chi connectivity index (χ3n) is 4.48. The number of carbonyl (C=O) groups excluding carboxylic acids is 2. The number of hydrogen-bond acceptors (Lipinski definition) is 2. The highest BCUT2D eigenvalue weighted by atomic mass is 16.2. The number of rotatable bonds is 3. The standard InChI is InChI=1S/C14H24N2O2/c1-3-12-14(18)16(9-8-13(17)15-12)10(2)11-6-4-5-7-11/h10-12H,3-9H2,1-2H3,(H,15,17). The summed E-state index contributed by atoms with van der Waals surface area (Å²) in [7, 11) is 0. The van der Waals surface area contributed by atoms with E-state index in [1.165, 1.54) is 25.7 Å². The fourth-order valence-electron chi connectivity index (χ4n) is 3.24. The van der Waals surface area contributed by atoms with Gasteiger partial charge in [-0.3, -0.25) is 9.59 Å². The zero-order chi connectivity index (χ0) is 13.1. The smallest absolute Gasteiger partial charge is 0.245 e. The van der Waals surface area contributed by atoms with Crippen LogP contribution in [-0.4, -0.2) is 35.3 Å². The maximum absolute atomic E-state index is 12.4. The predicted octanol–water partition coefficient (Wildman–Crippen LogP) is 1.69. The summed E-state index contributed by atoms with van der Waals surface area (Å²) in [4.78, 5) is 26.0. The van der Waals surface area contributed by atoms with Gasteiger partial charge in [0.25, 0.3) is 0 Å². The molecule has 1 saturated carbocycles. The molecule has 4 nitrogen and oxygen atoms in total. The van der Waals surface area contributed by atoms with Crippen LogP contribution in [0.3, 0.4) is 0 Å². The average molecular weight is 252 g/mol. The third kappa shape index (κ3) is 2.68. The quantitative estimate of drug-likeness (QED) is 0.831. The molecule has 102 valence electrons. The van der Waals surface area contributed by atoms with Crippen molar-refractivity contribution in [1.29, 1.82) is 0 Å². The molecule has 0 radical (unpaired) electrons. The first-order valence-corrected chi connectivity index (χ1v) is 7.23. The van der Waals surface area contributed by atoms with E-state index in [1.807, 2.05) is 11.8 Å². The van der Waals surface area contributed by atoms with E-state index in [-0.39, 0.29) is 23.9 Å². The van der Waals surface area contributed by atoms with Gasteiger partial charge in [-0.25, -0.2) is 0 Å². The molecule has 1 N–H and O–H groups in total. The molecule has 2 fully saturated rings. The number of hydrogen-bond donors (Lipinski definition) is 1. The van der Waals surface area contributed by atoms with Gasteiger partial charge in [-0.2, -0.15) is 0 Å². The van der Waals surface area contributed by atoms with Gasteiger partial charge < -0.3 is 10.2 Å². The van der Waals surface area contributed by atoms with Crippen molar-refractivity contribution in [3.05, 3.63) is 0 Å². The zero-order valence-electron chi connectivity index (χ0n) is 11.4.